The first-order valence-corrected chi connectivity index (χ1v) is 14.4. The highest BCUT2D eigenvalue weighted by molar-refractivity contribution is 5.98. The molecule has 1 aromatic heterocycles. The van der Waals surface area contributed by atoms with Gasteiger partial charge in [-0.2, -0.15) is 0 Å². The van der Waals surface area contributed by atoms with Gasteiger partial charge >= 0.3 is 0 Å². The van der Waals surface area contributed by atoms with Crippen molar-refractivity contribution in [2.75, 3.05) is 26.2 Å². The molecule has 3 amide bonds. The number of nitrogens with zero attached hydrogens (tertiary/aromatic N) is 3. The minimum atomic E-state index is -0.157. The Kier molecular flexibility index (Phi) is 7.63. The number of hydrogen-bond donors (Lipinski definition) is 0. The first kappa shape index (κ1) is 26.9. The number of carbonyl (C=O) groups is 3. The summed E-state index contributed by atoms with van der Waals surface area (Å²) in [6.45, 7) is 4.46. The lowest BCUT2D eigenvalue weighted by atomic mass is 9.89. The number of hydrogen-bond acceptors (Lipinski definition) is 5. The van der Waals surface area contributed by atoms with E-state index >= 15 is 0 Å². The second kappa shape index (κ2) is 11.6. The molecule has 0 bridgehead atoms. The molecule has 3 heterocycles. The Morgan fingerprint density at radius 1 is 0.902 bits per heavy atom. The molecule has 0 N–H and O–H groups in total. The van der Waals surface area contributed by atoms with Crippen molar-refractivity contribution >= 4 is 23.8 Å². The Balaban J connectivity index is 1.13. The number of furan rings is 1. The highest BCUT2D eigenvalue weighted by Crippen LogP contribution is 2.34. The van der Waals surface area contributed by atoms with Crippen molar-refractivity contribution in [1.82, 2.24) is 14.7 Å². The molecule has 8 nitrogen and oxygen atoms in total. The number of morpholine rings is 1. The van der Waals surface area contributed by atoms with E-state index in [4.69, 9.17) is 9.15 Å². The molecule has 2 unspecified atom stereocenters. The van der Waals surface area contributed by atoms with Crippen LogP contribution in [-0.4, -0.2) is 70.7 Å². The lowest BCUT2D eigenvalue weighted by molar-refractivity contribution is -0.149. The van der Waals surface area contributed by atoms with E-state index in [1.807, 2.05) is 23.1 Å². The summed E-state index contributed by atoms with van der Waals surface area (Å²) < 4.78 is 11.5. The maximum Gasteiger partial charge on any atom is 0.289 e. The molecule has 1 saturated carbocycles. The standard InChI is InChI=1S/C33H35N3O5/c1-23-6-4-7-25(20-23)22-36-27-8-2-3-9-28(27)41-30(33(36)39)21-24-11-13-26(14-12-24)31(37)34-15-17-35(18-16-34)32(38)29-10-5-19-40-29/h4-7,10-14,19-21,27-28H,2-3,8-9,15-18,22H2,1H3/b30-21+. The van der Waals surface area contributed by atoms with E-state index in [1.54, 1.807) is 40.1 Å². The average Bonchev–Trinajstić information content (AvgIpc) is 3.54. The van der Waals surface area contributed by atoms with Crippen LogP contribution in [0, 0.1) is 6.92 Å². The molecular weight excluding hydrogens is 518 g/mol. The smallest absolute Gasteiger partial charge is 0.289 e. The molecule has 8 heteroatoms. The molecule has 2 aromatic carbocycles. The van der Waals surface area contributed by atoms with Gasteiger partial charge in [0.2, 0.25) is 0 Å². The van der Waals surface area contributed by atoms with E-state index in [1.165, 1.54) is 11.8 Å². The van der Waals surface area contributed by atoms with Crippen molar-refractivity contribution in [3.8, 4) is 0 Å². The molecule has 212 valence electrons. The number of aryl methyl sites for hydroxylation is 1. The van der Waals surface area contributed by atoms with Gasteiger partial charge in [-0.15, -0.1) is 0 Å². The maximum absolute atomic E-state index is 13.6. The Labute approximate surface area is 240 Å². The van der Waals surface area contributed by atoms with E-state index in [2.05, 4.69) is 25.1 Å². The summed E-state index contributed by atoms with van der Waals surface area (Å²) >= 11 is 0. The van der Waals surface area contributed by atoms with Crippen LogP contribution in [0.1, 0.15) is 63.3 Å². The topological polar surface area (TPSA) is 83.3 Å². The van der Waals surface area contributed by atoms with Gasteiger partial charge < -0.3 is 23.9 Å². The fraction of sp³-hybridized carbons (Fsp3) is 0.364. The Bertz CT molecular complexity index is 1440. The minimum Gasteiger partial charge on any atom is -0.482 e. The van der Waals surface area contributed by atoms with Gasteiger partial charge in [0.25, 0.3) is 17.7 Å². The molecule has 2 atom stereocenters. The summed E-state index contributed by atoms with van der Waals surface area (Å²) in [4.78, 5) is 44.8. The van der Waals surface area contributed by atoms with Crippen LogP contribution < -0.4 is 0 Å². The zero-order chi connectivity index (χ0) is 28.3. The summed E-state index contributed by atoms with van der Waals surface area (Å²) in [5.41, 5.74) is 3.68. The van der Waals surface area contributed by atoms with Gasteiger partial charge in [-0.1, -0.05) is 48.4 Å². The fourth-order valence-electron chi connectivity index (χ4n) is 6.09. The van der Waals surface area contributed by atoms with Gasteiger partial charge in [0.15, 0.2) is 11.5 Å². The van der Waals surface area contributed by atoms with Crippen molar-refractivity contribution in [2.24, 2.45) is 0 Å². The van der Waals surface area contributed by atoms with Crippen LogP contribution >= 0.6 is 0 Å². The third-order valence-corrected chi connectivity index (χ3v) is 8.29. The SMILES string of the molecule is Cc1cccc(CN2C(=O)/C(=C\c3ccc(C(=O)N4CCN(C(=O)c5ccco5)CC4)cc3)OC3CCCCC32)c1. The van der Waals surface area contributed by atoms with E-state index in [0.29, 0.717) is 49.8 Å². The monoisotopic (exact) mass is 553 g/mol. The van der Waals surface area contributed by atoms with E-state index in [9.17, 15) is 14.4 Å². The van der Waals surface area contributed by atoms with Crippen LogP contribution in [0.25, 0.3) is 6.08 Å². The highest BCUT2D eigenvalue weighted by atomic mass is 16.5. The highest BCUT2D eigenvalue weighted by Gasteiger charge is 2.41. The molecule has 41 heavy (non-hydrogen) atoms. The van der Waals surface area contributed by atoms with Gasteiger partial charge in [-0.05, 0) is 67.7 Å². The van der Waals surface area contributed by atoms with Crippen molar-refractivity contribution in [2.45, 2.75) is 51.3 Å². The van der Waals surface area contributed by atoms with Crippen LogP contribution in [0.3, 0.4) is 0 Å². The summed E-state index contributed by atoms with van der Waals surface area (Å²) in [5.74, 6) is 0.353. The van der Waals surface area contributed by atoms with Crippen molar-refractivity contribution in [1.29, 1.82) is 0 Å². The predicted molar refractivity (Wildman–Crippen MR) is 154 cm³/mol. The van der Waals surface area contributed by atoms with Crippen LogP contribution in [0.15, 0.2) is 77.1 Å². The zero-order valence-corrected chi connectivity index (χ0v) is 23.3. The molecule has 2 saturated heterocycles. The number of benzene rings is 2. The van der Waals surface area contributed by atoms with Gasteiger partial charge in [0.1, 0.15) is 6.10 Å². The lowest BCUT2D eigenvalue weighted by Gasteiger charge is -2.44. The third-order valence-electron chi connectivity index (χ3n) is 8.29. The molecule has 2 aliphatic heterocycles. The maximum atomic E-state index is 13.6. The largest absolute Gasteiger partial charge is 0.482 e. The number of amides is 3. The van der Waals surface area contributed by atoms with Crippen molar-refractivity contribution in [3.05, 3.63) is 101 Å². The molecule has 1 aliphatic carbocycles. The minimum absolute atomic E-state index is 0.00306. The predicted octanol–water partition coefficient (Wildman–Crippen LogP) is 4.90. The summed E-state index contributed by atoms with van der Waals surface area (Å²) in [5, 5.41) is 0. The molecule has 6 rings (SSSR count). The van der Waals surface area contributed by atoms with Gasteiger partial charge in [0.05, 0.1) is 12.3 Å². The van der Waals surface area contributed by atoms with Crippen LogP contribution in [-0.2, 0) is 16.1 Å². The Hall–Kier alpha value is -4.33. The quantitative estimate of drug-likeness (QED) is 0.420. The van der Waals surface area contributed by atoms with Crippen molar-refractivity contribution < 1.29 is 23.5 Å². The van der Waals surface area contributed by atoms with Gasteiger partial charge in [0, 0.05) is 38.3 Å². The lowest BCUT2D eigenvalue weighted by Crippen LogP contribution is -2.54. The van der Waals surface area contributed by atoms with Crippen LogP contribution in [0.5, 0.6) is 0 Å². The number of piperazine rings is 1. The van der Waals surface area contributed by atoms with Gasteiger partial charge in [-0.3, -0.25) is 14.4 Å². The number of carbonyl (C=O) groups excluding carboxylic acids is 3. The number of rotatable bonds is 5. The average molecular weight is 554 g/mol. The first-order chi connectivity index (χ1) is 20.0. The molecule has 3 fully saturated rings. The van der Waals surface area contributed by atoms with Gasteiger partial charge in [-0.25, -0.2) is 0 Å². The van der Waals surface area contributed by atoms with Crippen LogP contribution in [0.2, 0.25) is 0 Å². The number of ether oxygens (including phenoxy) is 1. The van der Waals surface area contributed by atoms with Crippen molar-refractivity contribution in [3.63, 3.8) is 0 Å². The molecule has 0 spiro atoms. The van der Waals surface area contributed by atoms with E-state index < -0.39 is 0 Å². The second-order valence-corrected chi connectivity index (χ2v) is 11.1. The van der Waals surface area contributed by atoms with E-state index in [-0.39, 0.29) is 29.9 Å². The second-order valence-electron chi connectivity index (χ2n) is 11.1. The zero-order valence-electron chi connectivity index (χ0n) is 23.3. The fourth-order valence-corrected chi connectivity index (χ4v) is 6.09. The molecular formula is C33H35N3O5. The Morgan fingerprint density at radius 2 is 1.63 bits per heavy atom. The summed E-state index contributed by atoms with van der Waals surface area (Å²) in [7, 11) is 0. The molecule has 3 aliphatic rings. The Morgan fingerprint density at radius 3 is 2.34 bits per heavy atom. The summed E-state index contributed by atoms with van der Waals surface area (Å²) in [6, 6.07) is 19.0. The molecule has 3 aromatic rings. The normalized spacial score (nSPS) is 21.9. The molecule has 0 radical (unpaired) electrons. The third kappa shape index (κ3) is 5.78. The van der Waals surface area contributed by atoms with Crippen LogP contribution in [0.4, 0.5) is 0 Å². The van der Waals surface area contributed by atoms with E-state index in [0.717, 1.165) is 36.8 Å². The number of fused-ring (bicyclic) bond motifs is 1. The first-order valence-electron chi connectivity index (χ1n) is 14.4. The summed E-state index contributed by atoms with van der Waals surface area (Å²) in [6.07, 6.45) is 7.37.